The van der Waals surface area contributed by atoms with Gasteiger partial charge in [-0.1, -0.05) is 30.3 Å². The summed E-state index contributed by atoms with van der Waals surface area (Å²) in [5, 5.41) is 2.80. The highest BCUT2D eigenvalue weighted by Gasteiger charge is 2.07. The number of pyridine rings is 1. The molecule has 1 aromatic carbocycles. The molecule has 0 aliphatic carbocycles. The van der Waals surface area contributed by atoms with E-state index in [4.69, 9.17) is 4.74 Å². The standard InChI is InChI=1S/C18H20N2O3/c1-23-16-10-11-19-15(12-16)13-20-18(22)9-5-8-17(21)14-6-3-2-4-7-14/h2-4,6-7,10-12H,5,8-9,13H2,1H3,(H,20,22). The Morgan fingerprint density at radius 3 is 2.65 bits per heavy atom. The number of methoxy groups -OCH3 is 1. The third-order valence-corrected chi connectivity index (χ3v) is 3.39. The van der Waals surface area contributed by atoms with Crippen LogP contribution in [0.4, 0.5) is 0 Å². The van der Waals surface area contributed by atoms with Gasteiger partial charge in [0, 0.05) is 30.7 Å². The molecular weight excluding hydrogens is 292 g/mol. The summed E-state index contributed by atoms with van der Waals surface area (Å²) in [6.07, 6.45) is 2.86. The van der Waals surface area contributed by atoms with Gasteiger partial charge in [-0.25, -0.2) is 0 Å². The second-order valence-electron chi connectivity index (χ2n) is 5.11. The monoisotopic (exact) mass is 312 g/mol. The van der Waals surface area contributed by atoms with Crippen molar-refractivity contribution in [2.24, 2.45) is 0 Å². The lowest BCUT2D eigenvalue weighted by Gasteiger charge is -2.06. The van der Waals surface area contributed by atoms with Crippen LogP contribution in [0, 0.1) is 0 Å². The predicted molar refractivity (Wildman–Crippen MR) is 87.3 cm³/mol. The maximum atomic E-state index is 11.9. The zero-order chi connectivity index (χ0) is 16.5. The minimum absolute atomic E-state index is 0.0628. The van der Waals surface area contributed by atoms with Gasteiger partial charge in [0.25, 0.3) is 0 Å². The van der Waals surface area contributed by atoms with Crippen molar-refractivity contribution < 1.29 is 14.3 Å². The number of ether oxygens (including phenoxy) is 1. The fourth-order valence-corrected chi connectivity index (χ4v) is 2.14. The number of aromatic nitrogens is 1. The minimum Gasteiger partial charge on any atom is -0.497 e. The topological polar surface area (TPSA) is 68.3 Å². The van der Waals surface area contributed by atoms with Crippen LogP contribution in [0.25, 0.3) is 0 Å². The molecule has 0 saturated heterocycles. The van der Waals surface area contributed by atoms with Crippen LogP contribution in [-0.4, -0.2) is 23.8 Å². The number of hydrogen-bond donors (Lipinski definition) is 1. The van der Waals surface area contributed by atoms with E-state index in [9.17, 15) is 9.59 Å². The van der Waals surface area contributed by atoms with E-state index in [1.807, 2.05) is 18.2 Å². The number of nitrogens with one attached hydrogen (secondary N) is 1. The average molecular weight is 312 g/mol. The third-order valence-electron chi connectivity index (χ3n) is 3.39. The Hall–Kier alpha value is -2.69. The lowest BCUT2D eigenvalue weighted by Crippen LogP contribution is -2.23. The second kappa shape index (κ2) is 8.68. The quantitative estimate of drug-likeness (QED) is 0.761. The van der Waals surface area contributed by atoms with E-state index in [1.54, 1.807) is 37.6 Å². The fourth-order valence-electron chi connectivity index (χ4n) is 2.14. The first kappa shape index (κ1) is 16.7. The van der Waals surface area contributed by atoms with Crippen LogP contribution < -0.4 is 10.1 Å². The molecule has 1 heterocycles. The molecule has 2 aromatic rings. The molecular formula is C18H20N2O3. The van der Waals surface area contributed by atoms with Crippen molar-refractivity contribution in [2.75, 3.05) is 7.11 Å². The molecule has 0 fully saturated rings. The van der Waals surface area contributed by atoms with E-state index in [-0.39, 0.29) is 11.7 Å². The van der Waals surface area contributed by atoms with Gasteiger partial charge in [0.15, 0.2) is 5.78 Å². The van der Waals surface area contributed by atoms with Crippen molar-refractivity contribution in [2.45, 2.75) is 25.8 Å². The van der Waals surface area contributed by atoms with E-state index in [1.165, 1.54) is 0 Å². The van der Waals surface area contributed by atoms with E-state index in [0.717, 1.165) is 5.69 Å². The SMILES string of the molecule is COc1ccnc(CNC(=O)CCCC(=O)c2ccccc2)c1. The Morgan fingerprint density at radius 2 is 1.91 bits per heavy atom. The van der Waals surface area contributed by atoms with Gasteiger partial charge in [-0.3, -0.25) is 14.6 Å². The van der Waals surface area contributed by atoms with E-state index >= 15 is 0 Å². The summed E-state index contributed by atoms with van der Waals surface area (Å²) in [7, 11) is 1.58. The number of amides is 1. The van der Waals surface area contributed by atoms with Crippen molar-refractivity contribution in [3.8, 4) is 5.75 Å². The van der Waals surface area contributed by atoms with Gasteiger partial charge in [0.1, 0.15) is 5.75 Å². The summed E-state index contributed by atoms with van der Waals surface area (Å²) in [6, 6.07) is 12.6. The average Bonchev–Trinajstić information content (AvgIpc) is 2.61. The van der Waals surface area contributed by atoms with E-state index in [2.05, 4.69) is 10.3 Å². The molecule has 0 saturated carbocycles. The molecule has 5 nitrogen and oxygen atoms in total. The summed E-state index contributed by atoms with van der Waals surface area (Å²) in [5.41, 5.74) is 1.42. The number of carbonyl (C=O) groups is 2. The van der Waals surface area contributed by atoms with E-state index < -0.39 is 0 Å². The molecule has 1 N–H and O–H groups in total. The van der Waals surface area contributed by atoms with Crippen LogP contribution in [0.3, 0.4) is 0 Å². The molecule has 0 spiro atoms. The Morgan fingerprint density at radius 1 is 1.13 bits per heavy atom. The van der Waals surface area contributed by atoms with Crippen LogP contribution >= 0.6 is 0 Å². The van der Waals surface area contributed by atoms with Crippen LogP contribution in [0.1, 0.15) is 35.3 Å². The third kappa shape index (κ3) is 5.54. The van der Waals surface area contributed by atoms with Crippen LogP contribution in [0.5, 0.6) is 5.75 Å². The summed E-state index contributed by atoms with van der Waals surface area (Å²) in [6.45, 7) is 0.350. The van der Waals surface area contributed by atoms with Gasteiger partial charge < -0.3 is 10.1 Å². The Bertz CT molecular complexity index is 656. The molecule has 2 rings (SSSR count). The maximum Gasteiger partial charge on any atom is 0.220 e. The van der Waals surface area contributed by atoms with Crippen LogP contribution in [-0.2, 0) is 11.3 Å². The van der Waals surface area contributed by atoms with Crippen LogP contribution in [0.15, 0.2) is 48.7 Å². The number of rotatable bonds is 8. The highest BCUT2D eigenvalue weighted by molar-refractivity contribution is 5.96. The lowest BCUT2D eigenvalue weighted by atomic mass is 10.1. The van der Waals surface area contributed by atoms with Crippen molar-refractivity contribution in [3.05, 3.63) is 59.9 Å². The predicted octanol–water partition coefficient (Wildman–Crippen LogP) is 2.76. The van der Waals surface area contributed by atoms with Crippen LogP contribution in [0.2, 0.25) is 0 Å². The fraction of sp³-hybridized carbons (Fsp3) is 0.278. The summed E-state index contributed by atoms with van der Waals surface area (Å²) in [5.74, 6) is 0.682. The second-order valence-corrected chi connectivity index (χ2v) is 5.11. The summed E-state index contributed by atoms with van der Waals surface area (Å²) < 4.78 is 5.10. The number of ketones is 1. The maximum absolute atomic E-state index is 11.9. The Labute approximate surface area is 135 Å². The number of Topliss-reactive ketones (excluding diaryl/α,β-unsaturated/α-hetero) is 1. The normalized spacial score (nSPS) is 10.1. The highest BCUT2D eigenvalue weighted by atomic mass is 16.5. The summed E-state index contributed by atoms with van der Waals surface area (Å²) in [4.78, 5) is 27.9. The van der Waals surface area contributed by atoms with Crippen molar-refractivity contribution >= 4 is 11.7 Å². The highest BCUT2D eigenvalue weighted by Crippen LogP contribution is 2.10. The summed E-state index contributed by atoms with van der Waals surface area (Å²) >= 11 is 0. The molecule has 0 aliphatic heterocycles. The minimum atomic E-state index is -0.0875. The number of carbonyl (C=O) groups excluding carboxylic acids is 2. The molecule has 0 bridgehead atoms. The van der Waals surface area contributed by atoms with Gasteiger partial charge in [0.05, 0.1) is 19.3 Å². The largest absolute Gasteiger partial charge is 0.497 e. The van der Waals surface area contributed by atoms with Crippen molar-refractivity contribution in [1.82, 2.24) is 10.3 Å². The molecule has 5 heteroatoms. The molecule has 0 unspecified atom stereocenters. The number of benzene rings is 1. The van der Waals surface area contributed by atoms with Gasteiger partial charge in [-0.2, -0.15) is 0 Å². The molecule has 1 amide bonds. The first-order valence-electron chi connectivity index (χ1n) is 7.53. The molecule has 0 aliphatic rings. The molecule has 0 radical (unpaired) electrons. The first-order chi connectivity index (χ1) is 11.2. The molecule has 0 atom stereocenters. The first-order valence-corrected chi connectivity index (χ1v) is 7.53. The zero-order valence-corrected chi connectivity index (χ0v) is 13.1. The van der Waals surface area contributed by atoms with Crippen molar-refractivity contribution in [3.63, 3.8) is 0 Å². The van der Waals surface area contributed by atoms with Gasteiger partial charge in [-0.15, -0.1) is 0 Å². The Kier molecular flexibility index (Phi) is 6.29. The number of hydrogen-bond acceptors (Lipinski definition) is 4. The number of nitrogens with zero attached hydrogens (tertiary/aromatic N) is 1. The Balaban J connectivity index is 1.70. The molecule has 23 heavy (non-hydrogen) atoms. The molecule has 120 valence electrons. The molecule has 1 aromatic heterocycles. The van der Waals surface area contributed by atoms with E-state index in [0.29, 0.717) is 37.1 Å². The van der Waals surface area contributed by atoms with Gasteiger partial charge >= 0.3 is 0 Å². The van der Waals surface area contributed by atoms with Gasteiger partial charge in [-0.05, 0) is 12.5 Å². The smallest absolute Gasteiger partial charge is 0.220 e. The zero-order valence-electron chi connectivity index (χ0n) is 13.1. The van der Waals surface area contributed by atoms with Crippen molar-refractivity contribution in [1.29, 1.82) is 0 Å². The lowest BCUT2D eigenvalue weighted by molar-refractivity contribution is -0.121. The van der Waals surface area contributed by atoms with Gasteiger partial charge in [0.2, 0.25) is 5.91 Å².